The van der Waals surface area contributed by atoms with Crippen LogP contribution in [0.25, 0.3) is 5.65 Å². The van der Waals surface area contributed by atoms with Crippen molar-refractivity contribution in [2.75, 3.05) is 18.9 Å². The molecule has 1 aliphatic rings. The van der Waals surface area contributed by atoms with Crippen molar-refractivity contribution in [2.45, 2.75) is 18.8 Å². The Morgan fingerprint density at radius 3 is 2.78 bits per heavy atom. The monoisotopic (exact) mass is 285 g/mol. The fraction of sp³-hybridized carbons (Fsp3) is 0.417. The summed E-state index contributed by atoms with van der Waals surface area (Å²) in [5, 5.41) is 1.07. The summed E-state index contributed by atoms with van der Waals surface area (Å²) < 4.78 is 7.11. The minimum atomic E-state index is 0.341. The van der Waals surface area contributed by atoms with E-state index in [9.17, 15) is 0 Å². The van der Waals surface area contributed by atoms with Gasteiger partial charge in [0.15, 0.2) is 5.65 Å². The minimum Gasteiger partial charge on any atom is -0.383 e. The van der Waals surface area contributed by atoms with Crippen LogP contribution >= 0.6 is 23.2 Å². The van der Waals surface area contributed by atoms with Crippen LogP contribution in [-0.4, -0.2) is 22.6 Å². The maximum Gasteiger partial charge on any atom is 0.157 e. The SMILES string of the molecule is Nc1c(C2CCOCC2)nc2c(Cl)cc(Cl)cn12. The molecule has 0 bridgehead atoms. The number of hydrogen-bond acceptors (Lipinski definition) is 3. The van der Waals surface area contributed by atoms with E-state index >= 15 is 0 Å². The van der Waals surface area contributed by atoms with Crippen molar-refractivity contribution in [1.29, 1.82) is 0 Å². The molecule has 0 amide bonds. The molecule has 4 nitrogen and oxygen atoms in total. The van der Waals surface area contributed by atoms with Gasteiger partial charge in [-0.05, 0) is 18.9 Å². The molecule has 2 aromatic rings. The van der Waals surface area contributed by atoms with Gasteiger partial charge < -0.3 is 10.5 Å². The smallest absolute Gasteiger partial charge is 0.157 e. The number of nitrogens with zero attached hydrogens (tertiary/aromatic N) is 2. The summed E-state index contributed by atoms with van der Waals surface area (Å²) in [4.78, 5) is 4.57. The van der Waals surface area contributed by atoms with Crippen molar-refractivity contribution in [3.63, 3.8) is 0 Å². The van der Waals surface area contributed by atoms with E-state index in [1.54, 1.807) is 16.7 Å². The van der Waals surface area contributed by atoms with E-state index < -0.39 is 0 Å². The molecule has 2 aromatic heterocycles. The van der Waals surface area contributed by atoms with E-state index in [0.717, 1.165) is 31.7 Å². The van der Waals surface area contributed by atoms with Crippen LogP contribution < -0.4 is 5.73 Å². The van der Waals surface area contributed by atoms with Gasteiger partial charge in [0.1, 0.15) is 5.82 Å². The number of nitrogen functional groups attached to an aromatic ring is 1. The van der Waals surface area contributed by atoms with Gasteiger partial charge in [-0.2, -0.15) is 0 Å². The standard InChI is InChI=1S/C12H13Cl2N3O/c13-8-5-9(14)12-16-10(11(15)17(12)6-8)7-1-3-18-4-2-7/h5-7H,1-4,15H2. The van der Waals surface area contributed by atoms with Crippen molar-refractivity contribution in [1.82, 2.24) is 9.38 Å². The third kappa shape index (κ3) is 1.94. The molecule has 1 saturated heterocycles. The third-order valence-electron chi connectivity index (χ3n) is 3.32. The average Bonchev–Trinajstić information content (AvgIpc) is 2.69. The van der Waals surface area contributed by atoms with Crippen LogP contribution in [0.4, 0.5) is 5.82 Å². The van der Waals surface area contributed by atoms with Gasteiger partial charge in [0.2, 0.25) is 0 Å². The van der Waals surface area contributed by atoms with Crippen molar-refractivity contribution in [3.05, 3.63) is 28.0 Å². The highest BCUT2D eigenvalue weighted by Gasteiger charge is 2.23. The van der Waals surface area contributed by atoms with E-state index in [2.05, 4.69) is 4.98 Å². The number of nitrogens with two attached hydrogens (primary N) is 1. The molecule has 0 radical (unpaired) electrons. The fourth-order valence-corrected chi connectivity index (χ4v) is 2.89. The number of halogens is 2. The van der Waals surface area contributed by atoms with Crippen LogP contribution in [0.15, 0.2) is 12.3 Å². The molecule has 0 aliphatic carbocycles. The maximum atomic E-state index is 6.15. The highest BCUT2D eigenvalue weighted by Crippen LogP contribution is 2.33. The molecule has 3 rings (SSSR count). The van der Waals surface area contributed by atoms with E-state index in [0.29, 0.717) is 27.4 Å². The second-order valence-corrected chi connectivity index (χ2v) is 5.31. The molecule has 0 atom stereocenters. The van der Waals surface area contributed by atoms with E-state index in [4.69, 9.17) is 33.7 Å². The average molecular weight is 286 g/mol. The lowest BCUT2D eigenvalue weighted by atomic mass is 9.96. The number of pyridine rings is 1. The first-order valence-electron chi connectivity index (χ1n) is 5.87. The summed E-state index contributed by atoms with van der Waals surface area (Å²) in [5.74, 6) is 0.967. The Hall–Kier alpha value is -0.970. The zero-order valence-electron chi connectivity index (χ0n) is 9.70. The lowest BCUT2D eigenvalue weighted by molar-refractivity contribution is 0.0847. The van der Waals surface area contributed by atoms with Gasteiger partial charge in [0.05, 0.1) is 15.7 Å². The second-order valence-electron chi connectivity index (χ2n) is 4.47. The predicted molar refractivity (Wildman–Crippen MR) is 72.4 cm³/mol. The fourth-order valence-electron chi connectivity index (χ4n) is 2.38. The molecule has 96 valence electrons. The molecular weight excluding hydrogens is 273 g/mol. The summed E-state index contributed by atoms with van der Waals surface area (Å²) in [6.45, 7) is 1.51. The summed E-state index contributed by atoms with van der Waals surface area (Å²) in [5.41, 5.74) is 7.72. The van der Waals surface area contributed by atoms with Gasteiger partial charge in [0, 0.05) is 25.3 Å². The van der Waals surface area contributed by atoms with Gasteiger partial charge in [-0.1, -0.05) is 23.2 Å². The summed E-state index contributed by atoms with van der Waals surface area (Å²) >= 11 is 12.1. The first-order valence-corrected chi connectivity index (χ1v) is 6.62. The Kier molecular flexibility index (Phi) is 3.09. The molecule has 1 aliphatic heterocycles. The number of rotatable bonds is 1. The lowest BCUT2D eigenvalue weighted by Crippen LogP contribution is -2.15. The number of anilines is 1. The van der Waals surface area contributed by atoms with Crippen molar-refractivity contribution in [3.8, 4) is 0 Å². The van der Waals surface area contributed by atoms with Gasteiger partial charge in [-0.25, -0.2) is 4.98 Å². The quantitative estimate of drug-likeness (QED) is 0.876. The van der Waals surface area contributed by atoms with Crippen LogP contribution in [0.3, 0.4) is 0 Å². The zero-order chi connectivity index (χ0) is 12.7. The Balaban J connectivity index is 2.13. The van der Waals surface area contributed by atoms with Crippen molar-refractivity contribution in [2.24, 2.45) is 0 Å². The Morgan fingerprint density at radius 2 is 2.06 bits per heavy atom. The Labute approximate surface area is 115 Å². The third-order valence-corrected chi connectivity index (χ3v) is 3.80. The normalized spacial score (nSPS) is 17.4. The molecule has 3 heterocycles. The van der Waals surface area contributed by atoms with Crippen LogP contribution in [-0.2, 0) is 4.74 Å². The minimum absolute atomic E-state index is 0.341. The first-order chi connectivity index (χ1) is 8.66. The topological polar surface area (TPSA) is 52.5 Å². The van der Waals surface area contributed by atoms with Crippen LogP contribution in [0.5, 0.6) is 0 Å². The number of fused-ring (bicyclic) bond motifs is 1. The number of ether oxygens (including phenoxy) is 1. The van der Waals surface area contributed by atoms with E-state index in [-0.39, 0.29) is 0 Å². The van der Waals surface area contributed by atoms with Crippen molar-refractivity contribution >= 4 is 34.7 Å². The highest BCUT2D eigenvalue weighted by molar-refractivity contribution is 6.36. The van der Waals surface area contributed by atoms with Crippen LogP contribution in [0.2, 0.25) is 10.0 Å². The van der Waals surface area contributed by atoms with Crippen LogP contribution in [0.1, 0.15) is 24.5 Å². The molecule has 0 saturated carbocycles. The van der Waals surface area contributed by atoms with Gasteiger partial charge >= 0.3 is 0 Å². The number of hydrogen-bond donors (Lipinski definition) is 1. The Bertz CT molecular complexity index is 591. The summed E-state index contributed by atoms with van der Waals surface area (Å²) in [7, 11) is 0. The highest BCUT2D eigenvalue weighted by atomic mass is 35.5. The largest absolute Gasteiger partial charge is 0.383 e. The number of imidazole rings is 1. The summed E-state index contributed by atoms with van der Waals surface area (Å²) in [6, 6.07) is 1.68. The summed E-state index contributed by atoms with van der Waals surface area (Å²) in [6.07, 6.45) is 3.63. The van der Waals surface area contributed by atoms with Crippen molar-refractivity contribution < 1.29 is 4.74 Å². The molecule has 6 heteroatoms. The second kappa shape index (κ2) is 4.61. The molecule has 2 N–H and O–H groups in total. The predicted octanol–water partition coefficient (Wildman–Crippen LogP) is 3.12. The van der Waals surface area contributed by atoms with Gasteiger partial charge in [0.25, 0.3) is 0 Å². The number of aromatic nitrogens is 2. The van der Waals surface area contributed by atoms with E-state index in [1.807, 2.05) is 0 Å². The van der Waals surface area contributed by atoms with E-state index in [1.165, 1.54) is 0 Å². The molecule has 0 spiro atoms. The van der Waals surface area contributed by atoms with Gasteiger partial charge in [-0.3, -0.25) is 4.40 Å². The van der Waals surface area contributed by atoms with Crippen LogP contribution in [0, 0.1) is 0 Å². The molecule has 0 aromatic carbocycles. The maximum absolute atomic E-state index is 6.15. The first kappa shape index (κ1) is 12.1. The molecule has 1 fully saturated rings. The molecular formula is C12H13Cl2N3O. The van der Waals surface area contributed by atoms with Gasteiger partial charge in [-0.15, -0.1) is 0 Å². The molecule has 18 heavy (non-hydrogen) atoms. The Morgan fingerprint density at radius 1 is 1.33 bits per heavy atom. The zero-order valence-corrected chi connectivity index (χ0v) is 11.2. The molecule has 0 unspecified atom stereocenters. The lowest BCUT2D eigenvalue weighted by Gasteiger charge is -2.20.